The van der Waals surface area contributed by atoms with Gasteiger partial charge in [0.15, 0.2) is 0 Å². The number of hydrogen-bond acceptors (Lipinski definition) is 5. The molecule has 3 heterocycles. The lowest BCUT2D eigenvalue weighted by Crippen LogP contribution is -2.37. The van der Waals surface area contributed by atoms with E-state index in [0.29, 0.717) is 19.6 Å². The van der Waals surface area contributed by atoms with Gasteiger partial charge in [-0.05, 0) is 6.92 Å². The molecule has 114 valence electrons. The van der Waals surface area contributed by atoms with Gasteiger partial charge in [-0.15, -0.1) is 11.3 Å². The van der Waals surface area contributed by atoms with E-state index in [1.54, 1.807) is 16.2 Å². The third kappa shape index (κ3) is 2.80. The molecule has 7 heteroatoms. The smallest absolute Gasteiger partial charge is 0.248 e. The Morgan fingerprint density at radius 1 is 1.48 bits per heavy atom. The van der Waals surface area contributed by atoms with Crippen molar-refractivity contribution in [2.75, 3.05) is 33.4 Å². The average molecular weight is 309 g/mol. The molecule has 6 nitrogen and oxygen atoms in total. The Bertz CT molecular complexity index is 559. The van der Waals surface area contributed by atoms with Gasteiger partial charge in [0.05, 0.1) is 23.2 Å². The van der Waals surface area contributed by atoms with Crippen molar-refractivity contribution in [3.63, 3.8) is 0 Å². The fourth-order valence-electron chi connectivity index (χ4n) is 3.18. The van der Waals surface area contributed by atoms with Crippen molar-refractivity contribution in [3.8, 4) is 0 Å². The lowest BCUT2D eigenvalue weighted by atomic mass is 10.0. The minimum absolute atomic E-state index is 0.0265. The topological polar surface area (TPSA) is 62.7 Å². The molecule has 2 saturated heterocycles. The molecule has 0 aromatic carbocycles. The van der Waals surface area contributed by atoms with Crippen molar-refractivity contribution >= 4 is 23.2 Å². The van der Waals surface area contributed by atoms with Crippen molar-refractivity contribution in [2.45, 2.75) is 13.5 Å². The minimum atomic E-state index is -0.0504. The third-order valence-corrected chi connectivity index (χ3v) is 4.99. The molecule has 0 N–H and O–H groups in total. The normalized spacial score (nSPS) is 24.8. The van der Waals surface area contributed by atoms with Gasteiger partial charge >= 0.3 is 0 Å². The lowest BCUT2D eigenvalue weighted by Gasteiger charge is -2.21. The first-order valence-corrected chi connectivity index (χ1v) is 7.93. The van der Waals surface area contributed by atoms with Crippen LogP contribution in [0.15, 0.2) is 5.38 Å². The average Bonchev–Trinajstić information content (AvgIpc) is 3.10. The molecular weight excluding hydrogens is 290 g/mol. The van der Waals surface area contributed by atoms with Crippen LogP contribution in [-0.4, -0.2) is 59.9 Å². The third-order valence-electron chi connectivity index (χ3n) is 4.16. The second-order valence-corrected chi connectivity index (χ2v) is 6.74. The number of hydrogen-bond donors (Lipinski definition) is 0. The fraction of sp³-hybridized carbons (Fsp3) is 0.643. The summed E-state index contributed by atoms with van der Waals surface area (Å²) in [5.74, 6) is 0.323. The van der Waals surface area contributed by atoms with Gasteiger partial charge in [0.2, 0.25) is 11.8 Å². The Morgan fingerprint density at radius 3 is 2.90 bits per heavy atom. The van der Waals surface area contributed by atoms with E-state index in [-0.39, 0.29) is 30.3 Å². The van der Waals surface area contributed by atoms with Crippen LogP contribution in [0.1, 0.15) is 10.7 Å². The van der Waals surface area contributed by atoms with Crippen LogP contribution < -0.4 is 0 Å². The van der Waals surface area contributed by atoms with Gasteiger partial charge in [-0.1, -0.05) is 0 Å². The van der Waals surface area contributed by atoms with Crippen molar-refractivity contribution in [2.24, 2.45) is 11.8 Å². The zero-order chi connectivity index (χ0) is 15.0. The SMILES string of the molecule is COCC(=O)N1C[C@H]2CN(Cc3csc(C)n3)C(=O)[C@H]2C1. The Labute approximate surface area is 127 Å². The highest BCUT2D eigenvalue weighted by Gasteiger charge is 2.47. The highest BCUT2D eigenvalue weighted by atomic mass is 32.1. The molecule has 0 bridgehead atoms. The predicted octanol–water partition coefficient (Wildman–Crippen LogP) is 0.515. The largest absolute Gasteiger partial charge is 0.375 e. The summed E-state index contributed by atoms with van der Waals surface area (Å²) in [6.45, 7) is 4.55. The van der Waals surface area contributed by atoms with Crippen LogP contribution >= 0.6 is 11.3 Å². The van der Waals surface area contributed by atoms with E-state index < -0.39 is 0 Å². The molecule has 0 spiro atoms. The van der Waals surface area contributed by atoms with Crippen LogP contribution in [0.5, 0.6) is 0 Å². The number of aromatic nitrogens is 1. The predicted molar refractivity (Wildman–Crippen MR) is 77.7 cm³/mol. The van der Waals surface area contributed by atoms with E-state index in [0.717, 1.165) is 17.2 Å². The number of methoxy groups -OCH3 is 1. The van der Waals surface area contributed by atoms with E-state index in [1.165, 1.54) is 7.11 Å². The first-order chi connectivity index (χ1) is 10.1. The van der Waals surface area contributed by atoms with Gasteiger partial charge in [0.25, 0.3) is 0 Å². The number of ether oxygens (including phenoxy) is 1. The molecule has 0 saturated carbocycles. The minimum Gasteiger partial charge on any atom is -0.375 e. The molecule has 1 aromatic heterocycles. The maximum Gasteiger partial charge on any atom is 0.248 e. The van der Waals surface area contributed by atoms with E-state index in [9.17, 15) is 9.59 Å². The number of carbonyl (C=O) groups is 2. The summed E-state index contributed by atoms with van der Waals surface area (Å²) in [4.78, 5) is 32.3. The lowest BCUT2D eigenvalue weighted by molar-refractivity contribution is -0.136. The molecular formula is C14H19N3O3S. The monoisotopic (exact) mass is 309 g/mol. The summed E-state index contributed by atoms with van der Waals surface area (Å²) in [5.41, 5.74) is 0.957. The van der Waals surface area contributed by atoms with E-state index in [4.69, 9.17) is 4.74 Å². The van der Waals surface area contributed by atoms with Crippen molar-refractivity contribution < 1.29 is 14.3 Å². The molecule has 2 fully saturated rings. The maximum atomic E-state index is 12.5. The molecule has 2 amide bonds. The molecule has 2 atom stereocenters. The maximum absolute atomic E-state index is 12.5. The van der Waals surface area contributed by atoms with E-state index in [1.807, 2.05) is 17.2 Å². The zero-order valence-electron chi connectivity index (χ0n) is 12.2. The molecule has 0 unspecified atom stereocenters. The molecule has 2 aliphatic heterocycles. The Morgan fingerprint density at radius 2 is 2.29 bits per heavy atom. The van der Waals surface area contributed by atoms with Gasteiger partial charge in [-0.3, -0.25) is 9.59 Å². The standard InChI is InChI=1S/C14H19N3O3S/c1-9-15-11(8-21-9)5-17-4-10-3-16(13(18)7-20-2)6-12(10)14(17)19/h8,10,12H,3-7H2,1-2H3/t10-,12-/m0/s1. The van der Waals surface area contributed by atoms with E-state index >= 15 is 0 Å². The molecule has 0 aliphatic carbocycles. The number of amides is 2. The van der Waals surface area contributed by atoms with Crippen LogP contribution in [0.25, 0.3) is 0 Å². The first kappa shape index (κ1) is 14.5. The van der Waals surface area contributed by atoms with Gasteiger partial charge in [0, 0.05) is 38.0 Å². The van der Waals surface area contributed by atoms with Crippen LogP contribution in [-0.2, 0) is 20.9 Å². The van der Waals surface area contributed by atoms with Gasteiger partial charge in [0.1, 0.15) is 6.61 Å². The number of likely N-dealkylation sites (tertiary alicyclic amines) is 2. The second-order valence-electron chi connectivity index (χ2n) is 5.67. The number of nitrogens with zero attached hydrogens (tertiary/aromatic N) is 3. The number of rotatable bonds is 4. The Kier molecular flexibility index (Phi) is 3.95. The summed E-state index contributed by atoms with van der Waals surface area (Å²) in [5, 5.41) is 3.03. The Balaban J connectivity index is 1.61. The summed E-state index contributed by atoms with van der Waals surface area (Å²) in [6, 6.07) is 0. The van der Waals surface area contributed by atoms with Crippen molar-refractivity contribution in [1.29, 1.82) is 0 Å². The highest BCUT2D eigenvalue weighted by Crippen LogP contribution is 2.33. The van der Waals surface area contributed by atoms with Crippen LogP contribution in [0.4, 0.5) is 0 Å². The first-order valence-electron chi connectivity index (χ1n) is 7.05. The molecule has 1 aromatic rings. The zero-order valence-corrected chi connectivity index (χ0v) is 13.1. The molecule has 21 heavy (non-hydrogen) atoms. The van der Waals surface area contributed by atoms with Crippen LogP contribution in [0.3, 0.4) is 0 Å². The van der Waals surface area contributed by atoms with Gasteiger partial charge < -0.3 is 14.5 Å². The van der Waals surface area contributed by atoms with Crippen LogP contribution in [0, 0.1) is 18.8 Å². The fourth-order valence-corrected chi connectivity index (χ4v) is 3.78. The molecule has 0 radical (unpaired) electrons. The van der Waals surface area contributed by atoms with Crippen LogP contribution in [0.2, 0.25) is 0 Å². The molecule has 2 aliphatic rings. The number of fused-ring (bicyclic) bond motifs is 1. The second kappa shape index (κ2) is 5.73. The number of aryl methyl sites for hydroxylation is 1. The number of thiazole rings is 1. The van der Waals surface area contributed by atoms with Crippen molar-refractivity contribution in [1.82, 2.24) is 14.8 Å². The Hall–Kier alpha value is -1.47. The quantitative estimate of drug-likeness (QED) is 0.813. The molecule has 3 rings (SSSR count). The summed E-state index contributed by atoms with van der Waals surface area (Å²) in [6.07, 6.45) is 0. The number of carbonyl (C=O) groups excluding carboxylic acids is 2. The van der Waals surface area contributed by atoms with Gasteiger partial charge in [-0.25, -0.2) is 4.98 Å². The summed E-state index contributed by atoms with van der Waals surface area (Å²) < 4.78 is 4.87. The summed E-state index contributed by atoms with van der Waals surface area (Å²) in [7, 11) is 1.51. The van der Waals surface area contributed by atoms with Crippen molar-refractivity contribution in [3.05, 3.63) is 16.1 Å². The summed E-state index contributed by atoms with van der Waals surface area (Å²) >= 11 is 1.60. The highest BCUT2D eigenvalue weighted by molar-refractivity contribution is 7.09. The van der Waals surface area contributed by atoms with Gasteiger partial charge in [-0.2, -0.15) is 0 Å². The van der Waals surface area contributed by atoms with E-state index in [2.05, 4.69) is 4.98 Å².